The first-order valence-corrected chi connectivity index (χ1v) is 8.42. The Morgan fingerprint density at radius 2 is 2.04 bits per heavy atom. The molecule has 1 fully saturated rings. The molecule has 0 saturated carbocycles. The number of hydrogen-bond donors (Lipinski definition) is 0. The van der Waals surface area contributed by atoms with Gasteiger partial charge in [0.05, 0.1) is 24.1 Å². The highest BCUT2D eigenvalue weighted by Gasteiger charge is 2.31. The third-order valence-electron chi connectivity index (χ3n) is 3.25. The summed E-state index contributed by atoms with van der Waals surface area (Å²) in [4.78, 5) is 19.1. The van der Waals surface area contributed by atoms with E-state index in [2.05, 4.69) is 4.99 Å². The fourth-order valence-electron chi connectivity index (χ4n) is 2.21. The number of nitrogens with zero attached hydrogens (tertiary/aromatic N) is 2. The van der Waals surface area contributed by atoms with Gasteiger partial charge in [0.25, 0.3) is 5.91 Å². The van der Waals surface area contributed by atoms with Crippen LogP contribution in [0.2, 0.25) is 5.02 Å². The van der Waals surface area contributed by atoms with Crippen molar-refractivity contribution in [2.24, 2.45) is 4.99 Å². The second kappa shape index (κ2) is 7.75. The summed E-state index contributed by atoms with van der Waals surface area (Å²) < 4.78 is 10.5. The zero-order valence-corrected chi connectivity index (χ0v) is 15.1. The molecule has 7 heteroatoms. The van der Waals surface area contributed by atoms with E-state index < -0.39 is 0 Å². The van der Waals surface area contributed by atoms with Crippen LogP contribution in [0, 0.1) is 0 Å². The van der Waals surface area contributed by atoms with Gasteiger partial charge in [0.2, 0.25) is 0 Å². The molecule has 124 valence electrons. The molecule has 0 unspecified atom stereocenters. The first-order valence-electron chi connectivity index (χ1n) is 7.23. The minimum atomic E-state index is -0.0457. The molecule has 0 bridgehead atoms. The molecule has 0 aliphatic carbocycles. The van der Waals surface area contributed by atoms with Gasteiger partial charge in [-0.3, -0.25) is 14.7 Å². The highest BCUT2D eigenvalue weighted by atomic mass is 35.5. The summed E-state index contributed by atoms with van der Waals surface area (Å²) in [5.74, 6) is 0.956. The molecule has 1 aromatic rings. The number of benzene rings is 1. The van der Waals surface area contributed by atoms with Crippen LogP contribution in [0.5, 0.6) is 11.5 Å². The van der Waals surface area contributed by atoms with E-state index in [4.69, 9.17) is 21.1 Å². The van der Waals surface area contributed by atoms with Gasteiger partial charge in [-0.05, 0) is 49.4 Å². The number of aliphatic imine (C=N–C) groups is 1. The van der Waals surface area contributed by atoms with Crippen LogP contribution < -0.4 is 9.47 Å². The molecular formula is C16H19ClN2O3S. The fraction of sp³-hybridized carbons (Fsp3) is 0.375. The van der Waals surface area contributed by atoms with E-state index in [-0.39, 0.29) is 5.91 Å². The quantitative estimate of drug-likeness (QED) is 0.757. The molecule has 0 aromatic heterocycles. The molecule has 23 heavy (non-hydrogen) atoms. The maximum absolute atomic E-state index is 12.5. The van der Waals surface area contributed by atoms with Crippen LogP contribution in [0.25, 0.3) is 6.08 Å². The lowest BCUT2D eigenvalue weighted by Crippen LogP contribution is -2.28. The van der Waals surface area contributed by atoms with Crippen LogP contribution in [0.3, 0.4) is 0 Å². The summed E-state index contributed by atoms with van der Waals surface area (Å²) in [5.41, 5.74) is 0.775. The van der Waals surface area contributed by atoms with Crippen molar-refractivity contribution in [2.45, 2.75) is 13.8 Å². The van der Waals surface area contributed by atoms with Gasteiger partial charge < -0.3 is 9.47 Å². The van der Waals surface area contributed by atoms with E-state index >= 15 is 0 Å². The van der Waals surface area contributed by atoms with Gasteiger partial charge in [-0.2, -0.15) is 0 Å². The summed E-state index contributed by atoms with van der Waals surface area (Å²) in [6.45, 7) is 5.11. The Bertz CT molecular complexity index is 674. The Hall–Kier alpha value is -1.66. The maximum atomic E-state index is 12.5. The molecule has 5 nitrogen and oxygen atoms in total. The van der Waals surface area contributed by atoms with E-state index in [1.807, 2.05) is 13.8 Å². The van der Waals surface area contributed by atoms with Crippen molar-refractivity contribution in [3.05, 3.63) is 27.6 Å². The van der Waals surface area contributed by atoms with Gasteiger partial charge >= 0.3 is 0 Å². The Morgan fingerprint density at radius 3 is 2.61 bits per heavy atom. The fourth-order valence-corrected chi connectivity index (χ4v) is 3.61. The number of halogens is 1. The summed E-state index contributed by atoms with van der Waals surface area (Å²) in [5, 5.41) is 1.17. The highest BCUT2D eigenvalue weighted by molar-refractivity contribution is 8.18. The molecule has 2 rings (SSSR count). The Morgan fingerprint density at radius 1 is 1.30 bits per heavy atom. The van der Waals surface area contributed by atoms with Crippen molar-refractivity contribution < 1.29 is 14.3 Å². The molecule has 0 radical (unpaired) electrons. The lowest BCUT2D eigenvalue weighted by molar-refractivity contribution is -0.122. The topological polar surface area (TPSA) is 51.1 Å². The van der Waals surface area contributed by atoms with Crippen molar-refractivity contribution in [1.29, 1.82) is 0 Å². The molecule has 1 saturated heterocycles. The van der Waals surface area contributed by atoms with Crippen LogP contribution in [0.4, 0.5) is 0 Å². The number of amidine groups is 1. The van der Waals surface area contributed by atoms with Crippen LogP contribution >= 0.6 is 23.4 Å². The first kappa shape index (κ1) is 17.7. The lowest BCUT2D eigenvalue weighted by atomic mass is 10.2. The molecule has 1 heterocycles. The number of carbonyl (C=O) groups is 1. The summed E-state index contributed by atoms with van der Waals surface area (Å²) in [7, 11) is 3.08. The number of amides is 1. The van der Waals surface area contributed by atoms with Gasteiger partial charge in [-0.25, -0.2) is 0 Å². The van der Waals surface area contributed by atoms with E-state index in [0.717, 1.165) is 10.7 Å². The minimum Gasteiger partial charge on any atom is -0.493 e. The summed E-state index contributed by atoms with van der Waals surface area (Å²) >= 11 is 7.58. The van der Waals surface area contributed by atoms with Crippen LogP contribution in [-0.2, 0) is 4.79 Å². The Balaban J connectivity index is 2.41. The molecule has 1 aliphatic heterocycles. The second-order valence-corrected chi connectivity index (χ2v) is 6.07. The largest absolute Gasteiger partial charge is 0.493 e. The van der Waals surface area contributed by atoms with E-state index in [1.54, 1.807) is 30.2 Å². The van der Waals surface area contributed by atoms with Gasteiger partial charge in [0, 0.05) is 13.1 Å². The molecule has 0 N–H and O–H groups in total. The van der Waals surface area contributed by atoms with Crippen LogP contribution in [-0.4, -0.2) is 43.3 Å². The van der Waals surface area contributed by atoms with Gasteiger partial charge in [0.15, 0.2) is 16.7 Å². The second-order valence-electron chi connectivity index (χ2n) is 4.66. The number of hydrogen-bond acceptors (Lipinski definition) is 5. The predicted octanol–water partition coefficient (Wildman–Crippen LogP) is 3.67. The third-order valence-corrected chi connectivity index (χ3v) is 4.58. The number of ether oxygens (including phenoxy) is 2. The molecule has 1 amide bonds. The van der Waals surface area contributed by atoms with Crippen molar-refractivity contribution in [2.75, 3.05) is 27.3 Å². The van der Waals surface area contributed by atoms with E-state index in [1.165, 1.54) is 18.9 Å². The average Bonchev–Trinajstić information content (AvgIpc) is 2.82. The Kier molecular flexibility index (Phi) is 5.96. The zero-order valence-electron chi connectivity index (χ0n) is 13.6. The van der Waals surface area contributed by atoms with Crippen molar-refractivity contribution >= 4 is 40.5 Å². The first-order chi connectivity index (χ1) is 11.0. The van der Waals surface area contributed by atoms with E-state index in [9.17, 15) is 4.79 Å². The number of rotatable bonds is 5. The van der Waals surface area contributed by atoms with Gasteiger partial charge in [0.1, 0.15) is 0 Å². The SMILES string of the molecule is CCN=C1S/C(=C/c2cc(Cl)c(OC)c(OC)c2)C(=O)N1CC. The van der Waals surface area contributed by atoms with Crippen molar-refractivity contribution in [1.82, 2.24) is 4.90 Å². The summed E-state index contributed by atoms with van der Waals surface area (Å²) in [6, 6.07) is 3.53. The highest BCUT2D eigenvalue weighted by Crippen LogP contribution is 2.38. The average molecular weight is 355 g/mol. The minimum absolute atomic E-state index is 0.0457. The number of methoxy groups -OCH3 is 2. The van der Waals surface area contributed by atoms with Crippen molar-refractivity contribution in [3.8, 4) is 11.5 Å². The number of thioether (sulfide) groups is 1. The van der Waals surface area contributed by atoms with Gasteiger partial charge in [-0.15, -0.1) is 0 Å². The van der Waals surface area contributed by atoms with E-state index in [0.29, 0.717) is 34.5 Å². The maximum Gasteiger partial charge on any atom is 0.266 e. The number of likely N-dealkylation sites (N-methyl/N-ethyl adjacent to an activating group) is 1. The standard InChI is InChI=1S/C16H19ClN2O3S/c1-5-18-16-19(6-2)15(20)13(23-16)9-10-7-11(17)14(22-4)12(8-10)21-3/h7-9H,5-6H2,1-4H3/b13-9+,18-16?. The lowest BCUT2D eigenvalue weighted by Gasteiger charge is -2.11. The summed E-state index contributed by atoms with van der Waals surface area (Å²) in [6.07, 6.45) is 1.79. The monoisotopic (exact) mass is 354 g/mol. The Labute approximate surface area is 145 Å². The third kappa shape index (κ3) is 3.64. The predicted molar refractivity (Wildman–Crippen MR) is 95.5 cm³/mol. The molecule has 0 atom stereocenters. The smallest absolute Gasteiger partial charge is 0.266 e. The molecule has 1 aliphatic rings. The normalized spacial score (nSPS) is 18.1. The van der Waals surface area contributed by atoms with Crippen LogP contribution in [0.1, 0.15) is 19.4 Å². The zero-order chi connectivity index (χ0) is 17.0. The van der Waals surface area contributed by atoms with Crippen LogP contribution in [0.15, 0.2) is 22.0 Å². The van der Waals surface area contributed by atoms with Crippen molar-refractivity contribution in [3.63, 3.8) is 0 Å². The number of carbonyl (C=O) groups excluding carboxylic acids is 1. The van der Waals surface area contributed by atoms with Gasteiger partial charge in [-0.1, -0.05) is 11.6 Å². The molecular weight excluding hydrogens is 336 g/mol. The molecule has 0 spiro atoms. The molecule has 1 aromatic carbocycles.